The van der Waals surface area contributed by atoms with Crippen LogP contribution in [0.1, 0.15) is 47.7 Å². The molecule has 0 spiro atoms. The Balaban J connectivity index is 1.71. The third-order valence-corrected chi connectivity index (χ3v) is 5.83. The van der Waals surface area contributed by atoms with Gasteiger partial charge in [0.25, 0.3) is 0 Å². The van der Waals surface area contributed by atoms with E-state index >= 15 is 0 Å². The van der Waals surface area contributed by atoms with Crippen LogP contribution in [0.15, 0.2) is 91.0 Å². The summed E-state index contributed by atoms with van der Waals surface area (Å²) in [5, 5.41) is 0. The van der Waals surface area contributed by atoms with Crippen LogP contribution >= 0.6 is 0 Å². The second kappa shape index (κ2) is 9.27. The molecule has 3 aromatic rings. The molecule has 1 heterocycles. The van der Waals surface area contributed by atoms with Gasteiger partial charge in [-0.05, 0) is 24.0 Å². The maximum Gasteiger partial charge on any atom is 0.302 e. The van der Waals surface area contributed by atoms with Crippen molar-refractivity contribution in [2.24, 2.45) is 0 Å². The Labute approximate surface area is 182 Å². The van der Waals surface area contributed by atoms with E-state index in [1.54, 1.807) is 12.1 Å². The van der Waals surface area contributed by atoms with E-state index in [2.05, 4.69) is 24.3 Å². The molecule has 1 aliphatic rings. The number of ketones is 1. The van der Waals surface area contributed by atoms with Crippen molar-refractivity contribution in [3.05, 3.63) is 108 Å². The molecule has 0 bridgehead atoms. The minimum Gasteiger partial charge on any atom is -0.460 e. The van der Waals surface area contributed by atoms with Gasteiger partial charge in [0.05, 0.1) is 0 Å². The van der Waals surface area contributed by atoms with Crippen LogP contribution < -0.4 is 0 Å². The van der Waals surface area contributed by atoms with Crippen LogP contribution in [0.3, 0.4) is 0 Å². The number of carbonyl (C=O) groups is 2. The summed E-state index contributed by atoms with van der Waals surface area (Å²) in [6.07, 6.45) is 0.380. The predicted molar refractivity (Wildman–Crippen MR) is 119 cm³/mol. The average molecular weight is 415 g/mol. The van der Waals surface area contributed by atoms with Crippen molar-refractivity contribution in [3.63, 3.8) is 0 Å². The highest BCUT2D eigenvalue weighted by Crippen LogP contribution is 2.44. The Kier molecular flexibility index (Phi) is 6.28. The van der Waals surface area contributed by atoms with Gasteiger partial charge in [0.2, 0.25) is 0 Å². The second-order valence-electron chi connectivity index (χ2n) is 7.90. The zero-order valence-electron chi connectivity index (χ0n) is 17.6. The summed E-state index contributed by atoms with van der Waals surface area (Å²) < 4.78 is 12.3. The fourth-order valence-electron chi connectivity index (χ4n) is 4.38. The van der Waals surface area contributed by atoms with Crippen LogP contribution in [0.25, 0.3) is 0 Å². The van der Waals surface area contributed by atoms with Gasteiger partial charge in [0.15, 0.2) is 5.78 Å². The number of esters is 1. The lowest BCUT2D eigenvalue weighted by Crippen LogP contribution is -2.48. The smallest absolute Gasteiger partial charge is 0.302 e. The molecule has 0 amide bonds. The van der Waals surface area contributed by atoms with Crippen LogP contribution in [0.2, 0.25) is 0 Å². The van der Waals surface area contributed by atoms with Gasteiger partial charge in [-0.2, -0.15) is 0 Å². The molecular weight excluding hydrogens is 388 g/mol. The van der Waals surface area contributed by atoms with Crippen LogP contribution in [-0.4, -0.2) is 24.0 Å². The summed E-state index contributed by atoms with van der Waals surface area (Å²) in [6, 6.07) is 29.3. The van der Waals surface area contributed by atoms with Gasteiger partial charge < -0.3 is 9.47 Å². The van der Waals surface area contributed by atoms with E-state index in [-0.39, 0.29) is 18.2 Å². The van der Waals surface area contributed by atoms with Crippen molar-refractivity contribution < 1.29 is 19.1 Å². The molecule has 0 N–H and O–H groups in total. The summed E-state index contributed by atoms with van der Waals surface area (Å²) in [7, 11) is 0. The van der Waals surface area contributed by atoms with Crippen molar-refractivity contribution in [2.45, 2.75) is 44.0 Å². The van der Waals surface area contributed by atoms with Crippen LogP contribution in [0.4, 0.5) is 0 Å². The van der Waals surface area contributed by atoms with Gasteiger partial charge >= 0.3 is 5.97 Å². The molecule has 0 radical (unpaired) electrons. The van der Waals surface area contributed by atoms with E-state index in [0.717, 1.165) is 11.1 Å². The second-order valence-corrected chi connectivity index (χ2v) is 7.90. The molecule has 158 valence electrons. The van der Waals surface area contributed by atoms with E-state index in [4.69, 9.17) is 9.47 Å². The average Bonchev–Trinajstić information content (AvgIpc) is 2.81. The summed E-state index contributed by atoms with van der Waals surface area (Å²) in [6.45, 7) is 1.40. The Bertz CT molecular complexity index is 975. The first kappa shape index (κ1) is 21.0. The molecule has 2 atom stereocenters. The molecule has 0 aromatic heterocycles. The van der Waals surface area contributed by atoms with Gasteiger partial charge in [-0.25, -0.2) is 0 Å². The number of Topliss-reactive ketones (excluding diaryl/α,β-unsaturated/α-hetero) is 1. The first-order valence-electron chi connectivity index (χ1n) is 10.6. The van der Waals surface area contributed by atoms with E-state index in [9.17, 15) is 9.59 Å². The molecule has 31 heavy (non-hydrogen) atoms. The SMILES string of the molecule is CC(=O)O[C@H]1CCC(c2ccccc2)(c2ccccc2)O[C@@H]1CC(=O)c1ccccc1. The zero-order chi connectivity index (χ0) is 21.7. The van der Waals surface area contributed by atoms with Crippen molar-refractivity contribution in [1.29, 1.82) is 0 Å². The van der Waals surface area contributed by atoms with Crippen molar-refractivity contribution in [2.75, 3.05) is 0 Å². The minimum absolute atomic E-state index is 0.0281. The lowest BCUT2D eigenvalue weighted by atomic mass is 9.78. The summed E-state index contributed by atoms with van der Waals surface area (Å²) in [4.78, 5) is 24.8. The number of hydrogen-bond acceptors (Lipinski definition) is 4. The van der Waals surface area contributed by atoms with Crippen LogP contribution in [0.5, 0.6) is 0 Å². The summed E-state index contributed by atoms with van der Waals surface area (Å²) in [5.74, 6) is -0.391. The lowest BCUT2D eigenvalue weighted by Gasteiger charge is -2.45. The number of ether oxygens (including phenoxy) is 2. The lowest BCUT2D eigenvalue weighted by molar-refractivity contribution is -0.186. The van der Waals surface area contributed by atoms with Gasteiger partial charge in [-0.1, -0.05) is 91.0 Å². The van der Waals surface area contributed by atoms with Gasteiger partial charge in [0, 0.05) is 18.9 Å². The fourth-order valence-corrected chi connectivity index (χ4v) is 4.38. The molecule has 1 saturated heterocycles. The molecule has 3 aromatic carbocycles. The molecule has 0 unspecified atom stereocenters. The normalized spacial score (nSPS) is 20.0. The zero-order valence-corrected chi connectivity index (χ0v) is 17.6. The molecule has 1 aliphatic heterocycles. The molecule has 0 saturated carbocycles. The van der Waals surface area contributed by atoms with Crippen molar-refractivity contribution >= 4 is 11.8 Å². The highest BCUT2D eigenvalue weighted by atomic mass is 16.6. The third kappa shape index (κ3) is 4.59. The number of hydrogen-bond donors (Lipinski definition) is 0. The Morgan fingerprint density at radius 2 is 1.39 bits per heavy atom. The Hall–Kier alpha value is -3.24. The highest BCUT2D eigenvalue weighted by Gasteiger charge is 2.46. The molecular formula is C27H26O4. The standard InChI is InChI=1S/C27H26O4/c1-20(28)30-25-17-18-27(22-13-7-3-8-14-22,23-15-9-4-10-16-23)31-26(25)19-24(29)21-11-5-2-6-12-21/h2-16,25-26H,17-19H2,1H3/t25-,26+/m0/s1. The first-order valence-corrected chi connectivity index (χ1v) is 10.6. The number of rotatable bonds is 6. The minimum atomic E-state index is -0.708. The molecule has 4 rings (SSSR count). The summed E-state index contributed by atoms with van der Waals surface area (Å²) in [5.41, 5.74) is 1.98. The number of carbonyl (C=O) groups excluding carboxylic acids is 2. The van der Waals surface area contributed by atoms with Gasteiger partial charge in [-0.3, -0.25) is 9.59 Å². The molecule has 4 heteroatoms. The fraction of sp³-hybridized carbons (Fsp3) is 0.259. The summed E-state index contributed by atoms with van der Waals surface area (Å²) >= 11 is 0. The van der Waals surface area contributed by atoms with E-state index in [1.807, 2.05) is 54.6 Å². The molecule has 4 nitrogen and oxygen atoms in total. The van der Waals surface area contributed by atoms with E-state index in [1.165, 1.54) is 6.92 Å². The predicted octanol–water partition coefficient (Wildman–Crippen LogP) is 5.31. The third-order valence-electron chi connectivity index (χ3n) is 5.83. The maximum atomic E-state index is 13.0. The quantitative estimate of drug-likeness (QED) is 0.405. The monoisotopic (exact) mass is 414 g/mol. The van der Waals surface area contributed by atoms with E-state index in [0.29, 0.717) is 18.4 Å². The van der Waals surface area contributed by atoms with Crippen LogP contribution in [0, 0.1) is 0 Å². The maximum absolute atomic E-state index is 13.0. The van der Waals surface area contributed by atoms with E-state index < -0.39 is 17.8 Å². The Morgan fingerprint density at radius 1 is 0.871 bits per heavy atom. The molecule has 1 fully saturated rings. The largest absolute Gasteiger partial charge is 0.460 e. The first-order chi connectivity index (χ1) is 15.1. The van der Waals surface area contributed by atoms with Crippen LogP contribution in [-0.2, 0) is 19.9 Å². The Morgan fingerprint density at radius 3 is 1.90 bits per heavy atom. The van der Waals surface area contributed by atoms with Crippen molar-refractivity contribution in [1.82, 2.24) is 0 Å². The number of benzene rings is 3. The van der Waals surface area contributed by atoms with Crippen molar-refractivity contribution in [3.8, 4) is 0 Å². The van der Waals surface area contributed by atoms with Gasteiger partial charge in [0.1, 0.15) is 17.8 Å². The molecule has 0 aliphatic carbocycles. The topological polar surface area (TPSA) is 52.6 Å². The van der Waals surface area contributed by atoms with Gasteiger partial charge in [-0.15, -0.1) is 0 Å². The highest BCUT2D eigenvalue weighted by molar-refractivity contribution is 5.96.